The van der Waals surface area contributed by atoms with E-state index in [0.29, 0.717) is 25.3 Å². The minimum atomic E-state index is 0.176. The summed E-state index contributed by atoms with van der Waals surface area (Å²) >= 11 is 0. The van der Waals surface area contributed by atoms with Crippen molar-refractivity contribution in [3.63, 3.8) is 0 Å². The van der Waals surface area contributed by atoms with Gasteiger partial charge in [-0.3, -0.25) is 4.79 Å². The first kappa shape index (κ1) is 14.2. The van der Waals surface area contributed by atoms with Gasteiger partial charge in [-0.25, -0.2) is 0 Å². The molecule has 2 unspecified atom stereocenters. The largest absolute Gasteiger partial charge is 0.454 e. The number of fused-ring (bicyclic) bond motifs is 1. The molecule has 2 aliphatic rings. The maximum absolute atomic E-state index is 11.1. The van der Waals surface area contributed by atoms with Gasteiger partial charge in [-0.1, -0.05) is 6.07 Å². The van der Waals surface area contributed by atoms with Crippen molar-refractivity contribution in [1.82, 2.24) is 10.6 Å². The summed E-state index contributed by atoms with van der Waals surface area (Å²) < 4.78 is 10.7. The quantitative estimate of drug-likeness (QED) is 0.835. The molecular formula is C16H22N2O3. The van der Waals surface area contributed by atoms with Gasteiger partial charge in [0.2, 0.25) is 12.7 Å². The molecule has 21 heavy (non-hydrogen) atoms. The zero-order valence-corrected chi connectivity index (χ0v) is 12.4. The van der Waals surface area contributed by atoms with Crippen molar-refractivity contribution in [1.29, 1.82) is 0 Å². The highest BCUT2D eigenvalue weighted by Crippen LogP contribution is 2.32. The third-order valence-corrected chi connectivity index (χ3v) is 4.10. The van der Waals surface area contributed by atoms with Crippen molar-refractivity contribution in [2.75, 3.05) is 13.3 Å². The first-order valence-electron chi connectivity index (χ1n) is 7.62. The van der Waals surface area contributed by atoms with Crippen LogP contribution in [0.1, 0.15) is 31.7 Å². The van der Waals surface area contributed by atoms with Crippen LogP contribution in [-0.4, -0.2) is 31.3 Å². The highest BCUT2D eigenvalue weighted by molar-refractivity contribution is 5.78. The third kappa shape index (κ3) is 3.67. The highest BCUT2D eigenvalue weighted by atomic mass is 16.7. The van der Waals surface area contributed by atoms with Gasteiger partial charge >= 0.3 is 0 Å². The summed E-state index contributed by atoms with van der Waals surface area (Å²) in [5.74, 6) is 1.86. The van der Waals surface area contributed by atoms with Crippen LogP contribution >= 0.6 is 0 Å². The van der Waals surface area contributed by atoms with Crippen molar-refractivity contribution >= 4 is 5.91 Å². The molecule has 1 aromatic rings. The Bertz CT molecular complexity index is 518. The Kier molecular flexibility index (Phi) is 4.29. The molecule has 0 spiro atoms. The zero-order valence-electron chi connectivity index (χ0n) is 12.4. The average Bonchev–Trinajstić information content (AvgIpc) is 3.10. The first-order chi connectivity index (χ1) is 10.2. The number of rotatable bonds is 6. The monoisotopic (exact) mass is 290 g/mol. The van der Waals surface area contributed by atoms with Crippen molar-refractivity contribution in [3.05, 3.63) is 23.8 Å². The minimum absolute atomic E-state index is 0.176. The Hall–Kier alpha value is -1.75. The van der Waals surface area contributed by atoms with Crippen LogP contribution in [0, 0.1) is 0 Å². The predicted molar refractivity (Wildman–Crippen MR) is 79.5 cm³/mol. The molecule has 5 heteroatoms. The van der Waals surface area contributed by atoms with Gasteiger partial charge in [0.25, 0.3) is 0 Å². The lowest BCUT2D eigenvalue weighted by Gasteiger charge is -2.17. The van der Waals surface area contributed by atoms with E-state index < -0.39 is 0 Å². The number of amides is 1. The minimum Gasteiger partial charge on any atom is -0.454 e. The second-order valence-electron chi connectivity index (χ2n) is 5.84. The molecular weight excluding hydrogens is 268 g/mol. The number of nitrogens with one attached hydrogen (secondary N) is 2. The van der Waals surface area contributed by atoms with Crippen LogP contribution in [-0.2, 0) is 11.2 Å². The lowest BCUT2D eigenvalue weighted by Crippen LogP contribution is -2.39. The fourth-order valence-electron chi connectivity index (χ4n) is 2.76. The van der Waals surface area contributed by atoms with Gasteiger partial charge in [0.05, 0.1) is 0 Å². The molecule has 3 rings (SSSR count). The Morgan fingerprint density at radius 1 is 1.38 bits per heavy atom. The van der Waals surface area contributed by atoms with Crippen LogP contribution in [0.2, 0.25) is 0 Å². The third-order valence-electron chi connectivity index (χ3n) is 4.10. The molecule has 2 heterocycles. The van der Waals surface area contributed by atoms with Crippen molar-refractivity contribution in [3.8, 4) is 11.5 Å². The summed E-state index contributed by atoms with van der Waals surface area (Å²) in [5, 5.41) is 6.48. The van der Waals surface area contributed by atoms with Gasteiger partial charge in [-0.05, 0) is 43.9 Å². The molecule has 114 valence electrons. The summed E-state index contributed by atoms with van der Waals surface area (Å²) in [6.07, 6.45) is 3.67. The van der Waals surface area contributed by atoms with E-state index >= 15 is 0 Å². The SMILES string of the molecule is CC(CCc1ccc2c(c1)OCO2)NCC1CCC(=O)N1. The second-order valence-corrected chi connectivity index (χ2v) is 5.84. The molecule has 0 aliphatic carbocycles. The Labute approximate surface area is 125 Å². The average molecular weight is 290 g/mol. The number of carbonyl (C=O) groups excluding carboxylic acids is 1. The normalized spacial score (nSPS) is 21.4. The summed E-state index contributed by atoms with van der Waals surface area (Å²) in [5.41, 5.74) is 1.27. The lowest BCUT2D eigenvalue weighted by molar-refractivity contribution is -0.119. The van der Waals surface area contributed by atoms with Gasteiger partial charge in [0, 0.05) is 25.0 Å². The summed E-state index contributed by atoms with van der Waals surface area (Å²) in [6.45, 7) is 3.36. The van der Waals surface area contributed by atoms with E-state index in [1.807, 2.05) is 6.07 Å². The molecule has 0 saturated carbocycles. The van der Waals surface area contributed by atoms with Crippen molar-refractivity contribution in [2.45, 2.75) is 44.7 Å². The van der Waals surface area contributed by atoms with Crippen LogP contribution in [0.5, 0.6) is 11.5 Å². The summed E-state index contributed by atoms with van der Waals surface area (Å²) in [6, 6.07) is 6.85. The van der Waals surface area contributed by atoms with E-state index in [1.165, 1.54) is 5.56 Å². The summed E-state index contributed by atoms with van der Waals surface area (Å²) in [4.78, 5) is 11.1. The van der Waals surface area contributed by atoms with Gasteiger partial charge < -0.3 is 20.1 Å². The zero-order chi connectivity index (χ0) is 14.7. The van der Waals surface area contributed by atoms with Crippen LogP contribution in [0.25, 0.3) is 0 Å². The van der Waals surface area contributed by atoms with Gasteiger partial charge in [-0.15, -0.1) is 0 Å². The molecule has 2 N–H and O–H groups in total. The van der Waals surface area contributed by atoms with Crippen LogP contribution in [0.3, 0.4) is 0 Å². The van der Waals surface area contributed by atoms with Crippen molar-refractivity contribution < 1.29 is 14.3 Å². The van der Waals surface area contributed by atoms with Crippen LogP contribution in [0.15, 0.2) is 18.2 Å². The Morgan fingerprint density at radius 3 is 3.05 bits per heavy atom. The number of ether oxygens (including phenoxy) is 2. The van der Waals surface area contributed by atoms with Gasteiger partial charge in [0.1, 0.15) is 0 Å². The number of hydrogen-bond acceptors (Lipinski definition) is 4. The Morgan fingerprint density at radius 2 is 2.24 bits per heavy atom. The van der Waals surface area contributed by atoms with Crippen LogP contribution < -0.4 is 20.1 Å². The second kappa shape index (κ2) is 6.35. The molecule has 5 nitrogen and oxygen atoms in total. The summed E-state index contributed by atoms with van der Waals surface area (Å²) in [7, 11) is 0. The van der Waals surface area contributed by atoms with E-state index in [0.717, 1.165) is 37.3 Å². The smallest absolute Gasteiger partial charge is 0.231 e. The number of carbonyl (C=O) groups is 1. The van der Waals surface area contributed by atoms with E-state index in [9.17, 15) is 4.79 Å². The van der Waals surface area contributed by atoms with E-state index in [2.05, 4.69) is 29.7 Å². The molecule has 0 radical (unpaired) electrons. The standard InChI is InChI=1S/C16H22N2O3/c1-11(17-9-13-5-7-16(19)18-13)2-3-12-4-6-14-15(8-12)21-10-20-14/h4,6,8,11,13,17H,2-3,5,7,9-10H2,1H3,(H,18,19). The molecule has 1 aromatic carbocycles. The molecule has 1 fully saturated rings. The topological polar surface area (TPSA) is 59.6 Å². The highest BCUT2D eigenvalue weighted by Gasteiger charge is 2.20. The molecule has 0 aromatic heterocycles. The van der Waals surface area contributed by atoms with Crippen molar-refractivity contribution in [2.24, 2.45) is 0 Å². The maximum Gasteiger partial charge on any atom is 0.231 e. The van der Waals surface area contributed by atoms with E-state index in [-0.39, 0.29) is 5.91 Å². The fourth-order valence-corrected chi connectivity index (χ4v) is 2.76. The molecule has 1 saturated heterocycles. The van der Waals surface area contributed by atoms with E-state index in [4.69, 9.17) is 9.47 Å². The van der Waals surface area contributed by atoms with Crippen LogP contribution in [0.4, 0.5) is 0 Å². The maximum atomic E-state index is 11.1. The molecule has 1 amide bonds. The van der Waals surface area contributed by atoms with Gasteiger partial charge in [0.15, 0.2) is 11.5 Å². The number of benzene rings is 1. The molecule has 2 aliphatic heterocycles. The number of hydrogen-bond donors (Lipinski definition) is 2. The van der Waals surface area contributed by atoms with E-state index in [1.54, 1.807) is 0 Å². The first-order valence-corrected chi connectivity index (χ1v) is 7.62. The Balaban J connectivity index is 1.41. The number of aryl methyl sites for hydroxylation is 1. The van der Waals surface area contributed by atoms with Gasteiger partial charge in [-0.2, -0.15) is 0 Å². The lowest BCUT2D eigenvalue weighted by atomic mass is 10.1. The molecule has 0 bridgehead atoms. The predicted octanol–water partition coefficient (Wildman–Crippen LogP) is 1.60. The molecule has 2 atom stereocenters. The fraction of sp³-hybridized carbons (Fsp3) is 0.562.